The Hall–Kier alpha value is -1.12. The van der Waals surface area contributed by atoms with E-state index in [1.54, 1.807) is 6.92 Å². The molecule has 22 heavy (non-hydrogen) atoms. The lowest BCUT2D eigenvalue weighted by Gasteiger charge is -2.35. The van der Waals surface area contributed by atoms with E-state index in [2.05, 4.69) is 0 Å². The Balaban J connectivity index is 2.19. The van der Waals surface area contributed by atoms with Gasteiger partial charge in [-0.3, -0.25) is 0 Å². The summed E-state index contributed by atoms with van der Waals surface area (Å²) in [5.74, 6) is -0.434. The molecule has 4 nitrogen and oxygen atoms in total. The van der Waals surface area contributed by atoms with E-state index in [0.29, 0.717) is 19.4 Å². The molecule has 0 bridgehead atoms. The van der Waals surface area contributed by atoms with Crippen LogP contribution in [0.25, 0.3) is 0 Å². The van der Waals surface area contributed by atoms with E-state index in [9.17, 15) is 21.6 Å². The van der Waals surface area contributed by atoms with E-state index >= 15 is 0 Å². The lowest BCUT2D eigenvalue weighted by Crippen LogP contribution is -2.48. The smallest absolute Gasteiger partial charge is 0.328 e. The highest BCUT2D eigenvalue weighted by Crippen LogP contribution is 2.30. The van der Waals surface area contributed by atoms with Crippen LogP contribution < -0.4 is 5.73 Å². The van der Waals surface area contributed by atoms with Gasteiger partial charge in [0.15, 0.2) is 0 Å². The van der Waals surface area contributed by atoms with Crippen molar-refractivity contribution in [2.75, 3.05) is 6.54 Å². The normalized spacial score (nSPS) is 24.4. The van der Waals surface area contributed by atoms with Gasteiger partial charge in [0, 0.05) is 18.6 Å². The number of nitrogens with two attached hydrogens (primary N) is 1. The lowest BCUT2D eigenvalue weighted by atomic mass is 10.0. The highest BCUT2D eigenvalue weighted by molar-refractivity contribution is 7.88. The van der Waals surface area contributed by atoms with Gasteiger partial charge in [0.2, 0.25) is 10.0 Å². The maximum atomic E-state index is 12.7. The number of alkyl halides is 3. The van der Waals surface area contributed by atoms with Gasteiger partial charge in [-0.15, -0.1) is 0 Å². The number of sulfonamides is 1. The molecule has 0 radical (unpaired) electrons. The number of hydrogen-bond donors (Lipinski definition) is 1. The minimum atomic E-state index is -4.48. The van der Waals surface area contributed by atoms with E-state index in [1.165, 1.54) is 16.4 Å². The minimum Gasteiger partial charge on any atom is -0.328 e. The maximum absolute atomic E-state index is 12.7. The highest BCUT2D eigenvalue weighted by Gasteiger charge is 2.34. The van der Waals surface area contributed by atoms with E-state index in [0.717, 1.165) is 12.1 Å². The molecule has 1 aliphatic rings. The molecule has 8 heteroatoms. The third-order valence-corrected chi connectivity index (χ3v) is 5.77. The molecule has 2 rings (SSSR count). The molecule has 124 valence electrons. The molecule has 1 aliphatic heterocycles. The van der Waals surface area contributed by atoms with Gasteiger partial charge >= 0.3 is 6.18 Å². The minimum absolute atomic E-state index is 0.0324. The molecule has 0 unspecified atom stereocenters. The van der Waals surface area contributed by atoms with Gasteiger partial charge in [-0.25, -0.2) is 8.42 Å². The van der Waals surface area contributed by atoms with Gasteiger partial charge < -0.3 is 5.73 Å². The molecular formula is C14H19F3N2O2S. The van der Waals surface area contributed by atoms with Crippen LogP contribution in [-0.4, -0.2) is 31.4 Å². The quantitative estimate of drug-likeness (QED) is 0.921. The van der Waals surface area contributed by atoms with Crippen molar-refractivity contribution in [2.24, 2.45) is 5.73 Å². The summed E-state index contributed by atoms with van der Waals surface area (Å²) in [4.78, 5) is 0. The van der Waals surface area contributed by atoms with E-state index < -0.39 is 27.5 Å². The number of nitrogens with zero attached hydrogens (tertiary/aromatic N) is 1. The molecule has 2 atom stereocenters. The summed E-state index contributed by atoms with van der Waals surface area (Å²) in [6.07, 6.45) is -3.36. The van der Waals surface area contributed by atoms with Crippen molar-refractivity contribution in [2.45, 2.75) is 43.8 Å². The molecule has 0 amide bonds. The molecule has 0 aromatic heterocycles. The number of piperidine rings is 1. The molecule has 1 fully saturated rings. The Morgan fingerprint density at radius 1 is 1.36 bits per heavy atom. The third-order valence-electron chi connectivity index (χ3n) is 3.82. The van der Waals surface area contributed by atoms with Gasteiger partial charge in [-0.05, 0) is 31.4 Å². The summed E-state index contributed by atoms with van der Waals surface area (Å²) in [6.45, 7) is 2.08. The van der Waals surface area contributed by atoms with Crippen LogP contribution in [0.15, 0.2) is 24.3 Å². The second kappa shape index (κ2) is 6.17. The molecule has 1 aromatic rings. The fourth-order valence-corrected chi connectivity index (χ4v) is 4.52. The molecule has 1 aromatic carbocycles. The average molecular weight is 336 g/mol. The largest absolute Gasteiger partial charge is 0.416 e. The van der Waals surface area contributed by atoms with Gasteiger partial charge in [-0.2, -0.15) is 17.5 Å². The molecule has 1 saturated heterocycles. The molecular weight excluding hydrogens is 317 g/mol. The summed E-state index contributed by atoms with van der Waals surface area (Å²) in [5, 5.41) is 0. The summed E-state index contributed by atoms with van der Waals surface area (Å²) in [6, 6.07) is 4.17. The zero-order valence-corrected chi connectivity index (χ0v) is 13.0. The SMILES string of the molecule is C[C@H]1C[C@H](N)CCN1S(=O)(=O)Cc1cccc(C(F)(F)F)c1. The summed E-state index contributed by atoms with van der Waals surface area (Å²) in [7, 11) is -3.66. The van der Waals surface area contributed by atoms with Crippen molar-refractivity contribution >= 4 is 10.0 Å². The summed E-state index contributed by atoms with van der Waals surface area (Å²) < 4.78 is 64.3. The van der Waals surface area contributed by atoms with Gasteiger partial charge in [0.05, 0.1) is 11.3 Å². The molecule has 1 heterocycles. The van der Waals surface area contributed by atoms with Gasteiger partial charge in [0.25, 0.3) is 0 Å². The predicted octanol–water partition coefficient (Wildman–Crippen LogP) is 2.35. The first-order chi connectivity index (χ1) is 10.1. The zero-order chi connectivity index (χ0) is 16.5. The van der Waals surface area contributed by atoms with Crippen molar-refractivity contribution in [1.29, 1.82) is 0 Å². The fraction of sp³-hybridized carbons (Fsp3) is 0.571. The first kappa shape index (κ1) is 17.2. The Morgan fingerprint density at radius 2 is 2.05 bits per heavy atom. The topological polar surface area (TPSA) is 63.4 Å². The molecule has 2 N–H and O–H groups in total. The van der Waals surface area contributed by atoms with Crippen LogP contribution in [0.2, 0.25) is 0 Å². The first-order valence-corrected chi connectivity index (χ1v) is 8.62. The van der Waals surface area contributed by atoms with Crippen molar-refractivity contribution in [3.63, 3.8) is 0 Å². The van der Waals surface area contributed by atoms with Crippen molar-refractivity contribution < 1.29 is 21.6 Å². The lowest BCUT2D eigenvalue weighted by molar-refractivity contribution is -0.137. The number of halogens is 3. The third kappa shape index (κ3) is 3.99. The summed E-state index contributed by atoms with van der Waals surface area (Å²) >= 11 is 0. The van der Waals surface area contributed by atoms with Crippen LogP contribution in [0.4, 0.5) is 13.2 Å². The van der Waals surface area contributed by atoms with Crippen molar-refractivity contribution in [3.8, 4) is 0 Å². The number of rotatable bonds is 3. The van der Waals surface area contributed by atoms with Gasteiger partial charge in [0.1, 0.15) is 0 Å². The van der Waals surface area contributed by atoms with Crippen LogP contribution in [-0.2, 0) is 22.0 Å². The van der Waals surface area contributed by atoms with Crippen LogP contribution in [0.5, 0.6) is 0 Å². The van der Waals surface area contributed by atoms with Crippen LogP contribution >= 0.6 is 0 Å². The Labute approximate surface area is 128 Å². The molecule has 0 spiro atoms. The first-order valence-electron chi connectivity index (χ1n) is 7.01. The maximum Gasteiger partial charge on any atom is 0.416 e. The van der Waals surface area contributed by atoms with Gasteiger partial charge in [-0.1, -0.05) is 18.2 Å². The number of benzene rings is 1. The zero-order valence-electron chi connectivity index (χ0n) is 12.2. The second-order valence-corrected chi connectivity index (χ2v) is 7.62. The monoisotopic (exact) mass is 336 g/mol. The van der Waals surface area contributed by atoms with E-state index in [4.69, 9.17) is 5.73 Å². The number of hydrogen-bond acceptors (Lipinski definition) is 3. The Bertz CT molecular complexity index is 631. The Morgan fingerprint density at radius 3 is 2.64 bits per heavy atom. The highest BCUT2D eigenvalue weighted by atomic mass is 32.2. The van der Waals surface area contributed by atoms with Crippen LogP contribution in [0.3, 0.4) is 0 Å². The predicted molar refractivity (Wildman–Crippen MR) is 77.4 cm³/mol. The van der Waals surface area contributed by atoms with E-state index in [-0.39, 0.29) is 17.6 Å². The standard InChI is InChI=1S/C14H19F3N2O2S/c1-10-7-13(18)5-6-19(10)22(20,21)9-11-3-2-4-12(8-11)14(15,16)17/h2-4,8,10,13H,5-7,9,18H2,1H3/t10-,13+/m0/s1. The van der Waals surface area contributed by atoms with Crippen molar-refractivity contribution in [1.82, 2.24) is 4.31 Å². The Kier molecular flexibility index (Phi) is 4.84. The summed E-state index contributed by atoms with van der Waals surface area (Å²) in [5.41, 5.74) is 5.10. The fourth-order valence-electron chi connectivity index (χ4n) is 2.73. The van der Waals surface area contributed by atoms with Crippen LogP contribution in [0.1, 0.15) is 30.9 Å². The second-order valence-electron chi connectivity index (χ2n) is 5.70. The van der Waals surface area contributed by atoms with E-state index in [1.807, 2.05) is 0 Å². The molecule has 0 saturated carbocycles. The van der Waals surface area contributed by atoms with Crippen molar-refractivity contribution in [3.05, 3.63) is 35.4 Å². The average Bonchev–Trinajstić information content (AvgIpc) is 2.36. The van der Waals surface area contributed by atoms with Crippen LogP contribution in [0, 0.1) is 0 Å². The molecule has 0 aliphatic carbocycles.